The molecule has 2 N–H and O–H groups in total. The van der Waals surface area contributed by atoms with Crippen molar-refractivity contribution >= 4 is 21.7 Å². The molecule has 0 heterocycles. The van der Waals surface area contributed by atoms with Gasteiger partial charge in [0.25, 0.3) is 0 Å². The van der Waals surface area contributed by atoms with Gasteiger partial charge in [-0.15, -0.1) is 0 Å². The Balaban J connectivity index is 1.97. The summed E-state index contributed by atoms with van der Waals surface area (Å²) >= 11 is 0. The molecule has 1 aromatic carbocycles. The fourth-order valence-corrected chi connectivity index (χ4v) is 3.03. The average molecular weight is 311 g/mol. The first kappa shape index (κ1) is 15.6. The number of aryl methyl sites for hydroxylation is 1. The van der Waals surface area contributed by atoms with E-state index in [2.05, 4.69) is 10.6 Å². The summed E-state index contributed by atoms with van der Waals surface area (Å²) in [5, 5.41) is 5.49. The summed E-state index contributed by atoms with van der Waals surface area (Å²) in [5.74, 6) is 0. The van der Waals surface area contributed by atoms with Crippen LogP contribution in [0.2, 0.25) is 0 Å². The number of nitrogens with zero attached hydrogens (tertiary/aromatic N) is 1. The minimum Gasteiger partial charge on any atom is -0.336 e. The number of carbonyl (C=O) groups excluding carboxylic acids is 1. The van der Waals surface area contributed by atoms with Gasteiger partial charge in [0.1, 0.15) is 0 Å². The minimum absolute atomic E-state index is 0.210. The highest BCUT2D eigenvalue weighted by Gasteiger charge is 2.23. The molecule has 0 saturated heterocycles. The zero-order valence-corrected chi connectivity index (χ0v) is 13.1. The second-order valence-corrected chi connectivity index (χ2v) is 7.20. The van der Waals surface area contributed by atoms with Crippen LogP contribution in [-0.4, -0.2) is 39.8 Å². The number of hydrogen-bond donors (Lipinski definition) is 2. The van der Waals surface area contributed by atoms with E-state index in [4.69, 9.17) is 0 Å². The maximum absolute atomic E-state index is 11.9. The summed E-state index contributed by atoms with van der Waals surface area (Å²) in [7, 11) is -3.39. The quantitative estimate of drug-likeness (QED) is 0.829. The molecule has 0 atom stereocenters. The Kier molecular flexibility index (Phi) is 4.72. The van der Waals surface area contributed by atoms with Crippen LogP contribution in [0.4, 0.5) is 10.5 Å². The van der Waals surface area contributed by atoms with Crippen LogP contribution in [0.25, 0.3) is 0 Å². The van der Waals surface area contributed by atoms with Crippen LogP contribution in [0.5, 0.6) is 0 Å². The Morgan fingerprint density at radius 2 is 2.00 bits per heavy atom. The SMILES string of the molecule is Cc1ccccc1N(CCNC(=O)NC1CC1)S(C)(=O)=O. The predicted molar refractivity (Wildman–Crippen MR) is 82.9 cm³/mol. The van der Waals surface area contributed by atoms with Gasteiger partial charge in [-0.3, -0.25) is 4.31 Å². The molecule has 1 aliphatic rings. The monoisotopic (exact) mass is 311 g/mol. The van der Waals surface area contributed by atoms with Gasteiger partial charge in [0.15, 0.2) is 0 Å². The normalized spacial score (nSPS) is 14.6. The molecule has 0 spiro atoms. The van der Waals surface area contributed by atoms with E-state index in [0.717, 1.165) is 18.4 Å². The van der Waals surface area contributed by atoms with Gasteiger partial charge in [-0.05, 0) is 31.4 Å². The van der Waals surface area contributed by atoms with Crippen molar-refractivity contribution in [2.45, 2.75) is 25.8 Å². The first-order chi connectivity index (χ1) is 9.88. The third kappa shape index (κ3) is 4.63. The van der Waals surface area contributed by atoms with Gasteiger partial charge < -0.3 is 10.6 Å². The second-order valence-electron chi connectivity index (χ2n) is 5.30. The second kappa shape index (κ2) is 6.34. The fourth-order valence-electron chi connectivity index (χ4n) is 2.04. The van der Waals surface area contributed by atoms with E-state index >= 15 is 0 Å². The molecule has 1 aromatic rings. The molecule has 0 aromatic heterocycles. The van der Waals surface area contributed by atoms with Gasteiger partial charge in [-0.1, -0.05) is 18.2 Å². The van der Waals surface area contributed by atoms with Crippen LogP contribution < -0.4 is 14.9 Å². The molecule has 0 unspecified atom stereocenters. The van der Waals surface area contributed by atoms with Crippen LogP contribution in [0.1, 0.15) is 18.4 Å². The number of urea groups is 1. The Morgan fingerprint density at radius 1 is 1.33 bits per heavy atom. The van der Waals surface area contributed by atoms with Gasteiger partial charge in [-0.2, -0.15) is 0 Å². The van der Waals surface area contributed by atoms with E-state index in [1.54, 1.807) is 12.1 Å². The van der Waals surface area contributed by atoms with E-state index in [0.29, 0.717) is 5.69 Å². The van der Waals surface area contributed by atoms with Gasteiger partial charge >= 0.3 is 6.03 Å². The molecule has 1 aliphatic carbocycles. The molecule has 116 valence electrons. The number of amides is 2. The number of para-hydroxylation sites is 1. The maximum atomic E-state index is 11.9. The van der Waals surface area contributed by atoms with E-state index < -0.39 is 10.0 Å². The fraction of sp³-hybridized carbons (Fsp3) is 0.500. The number of anilines is 1. The van der Waals surface area contributed by atoms with Crippen LogP contribution in [0, 0.1) is 6.92 Å². The van der Waals surface area contributed by atoms with Gasteiger partial charge in [0.2, 0.25) is 10.0 Å². The highest BCUT2D eigenvalue weighted by molar-refractivity contribution is 7.92. The average Bonchev–Trinajstić information content (AvgIpc) is 3.18. The molecule has 0 aliphatic heterocycles. The highest BCUT2D eigenvalue weighted by atomic mass is 32.2. The molecule has 7 heteroatoms. The third-order valence-corrected chi connectivity index (χ3v) is 4.48. The Bertz CT molecular complexity index is 612. The number of sulfonamides is 1. The molecule has 1 fully saturated rings. The van der Waals surface area contributed by atoms with Crippen LogP contribution in [0.3, 0.4) is 0 Å². The summed E-state index contributed by atoms with van der Waals surface area (Å²) in [6, 6.07) is 7.33. The van der Waals surface area contributed by atoms with Crippen molar-refractivity contribution in [3.63, 3.8) is 0 Å². The first-order valence-electron chi connectivity index (χ1n) is 6.95. The summed E-state index contributed by atoms with van der Waals surface area (Å²) in [5.41, 5.74) is 1.52. The van der Waals surface area contributed by atoms with E-state index in [9.17, 15) is 13.2 Å². The van der Waals surface area contributed by atoms with Gasteiger partial charge in [0, 0.05) is 12.6 Å². The zero-order chi connectivity index (χ0) is 15.5. The Labute approximate surface area is 125 Å². The molecule has 0 bridgehead atoms. The molecular weight excluding hydrogens is 290 g/mol. The van der Waals surface area contributed by atoms with E-state index in [1.165, 1.54) is 10.6 Å². The largest absolute Gasteiger partial charge is 0.336 e. The lowest BCUT2D eigenvalue weighted by atomic mass is 10.2. The summed E-state index contributed by atoms with van der Waals surface area (Å²) in [6.07, 6.45) is 3.21. The number of rotatable bonds is 6. The molecule has 2 rings (SSSR count). The molecule has 1 saturated carbocycles. The van der Waals surface area contributed by atoms with Crippen molar-refractivity contribution in [2.75, 3.05) is 23.7 Å². The molecule has 0 radical (unpaired) electrons. The van der Waals surface area contributed by atoms with Gasteiger partial charge in [-0.25, -0.2) is 13.2 Å². The number of nitrogens with one attached hydrogen (secondary N) is 2. The molecule has 2 amide bonds. The van der Waals surface area contributed by atoms with E-state index in [-0.39, 0.29) is 25.2 Å². The highest BCUT2D eigenvalue weighted by Crippen LogP contribution is 2.21. The molecular formula is C14H21N3O3S. The summed E-state index contributed by atoms with van der Waals surface area (Å²) < 4.78 is 25.2. The molecule has 21 heavy (non-hydrogen) atoms. The van der Waals surface area contributed by atoms with Crippen molar-refractivity contribution in [3.8, 4) is 0 Å². The van der Waals surface area contributed by atoms with Crippen molar-refractivity contribution in [3.05, 3.63) is 29.8 Å². The predicted octanol–water partition coefficient (Wildman–Crippen LogP) is 1.22. The van der Waals surface area contributed by atoms with E-state index in [1.807, 2.05) is 19.1 Å². The smallest absolute Gasteiger partial charge is 0.315 e. The zero-order valence-electron chi connectivity index (χ0n) is 12.3. The lowest BCUT2D eigenvalue weighted by Gasteiger charge is -2.24. The number of hydrogen-bond acceptors (Lipinski definition) is 3. The van der Waals surface area contributed by atoms with Crippen molar-refractivity contribution < 1.29 is 13.2 Å². The standard InChI is InChI=1S/C14H21N3O3S/c1-11-5-3-4-6-13(11)17(21(2,19)20)10-9-15-14(18)16-12-7-8-12/h3-6,12H,7-10H2,1-2H3,(H2,15,16,18). The summed E-state index contributed by atoms with van der Waals surface area (Å²) in [4.78, 5) is 11.5. The topological polar surface area (TPSA) is 78.5 Å². The van der Waals surface area contributed by atoms with Crippen LogP contribution in [-0.2, 0) is 10.0 Å². The van der Waals surface area contributed by atoms with Crippen molar-refractivity contribution in [1.29, 1.82) is 0 Å². The lowest BCUT2D eigenvalue weighted by molar-refractivity contribution is 0.241. The third-order valence-electron chi connectivity index (χ3n) is 3.30. The van der Waals surface area contributed by atoms with Crippen LogP contribution >= 0.6 is 0 Å². The van der Waals surface area contributed by atoms with Gasteiger partial charge in [0.05, 0.1) is 18.5 Å². The Morgan fingerprint density at radius 3 is 2.57 bits per heavy atom. The van der Waals surface area contributed by atoms with Crippen LogP contribution in [0.15, 0.2) is 24.3 Å². The minimum atomic E-state index is -3.39. The number of carbonyl (C=O) groups is 1. The Hall–Kier alpha value is -1.76. The van der Waals surface area contributed by atoms with Crippen molar-refractivity contribution in [1.82, 2.24) is 10.6 Å². The maximum Gasteiger partial charge on any atom is 0.315 e. The lowest BCUT2D eigenvalue weighted by Crippen LogP contribution is -2.42. The molecule has 6 nitrogen and oxygen atoms in total. The van der Waals surface area contributed by atoms with Crippen molar-refractivity contribution in [2.24, 2.45) is 0 Å². The first-order valence-corrected chi connectivity index (χ1v) is 8.80. The summed E-state index contributed by atoms with van der Waals surface area (Å²) in [6.45, 7) is 2.34. The number of benzene rings is 1.